The van der Waals surface area contributed by atoms with Gasteiger partial charge in [0.05, 0.1) is 21.6 Å². The number of non-ortho nitro benzene ring substituents is 1. The fourth-order valence-electron chi connectivity index (χ4n) is 3.76. The van der Waals surface area contributed by atoms with Crippen LogP contribution in [-0.2, 0) is 17.6 Å². The number of fused-ring (bicyclic) bond motifs is 2. The molecule has 4 rings (SSSR count). The third-order valence-corrected chi connectivity index (χ3v) is 6.34. The number of hydrogen-bond acceptors (Lipinski definition) is 7. The van der Waals surface area contributed by atoms with Gasteiger partial charge >= 0.3 is 0 Å². The summed E-state index contributed by atoms with van der Waals surface area (Å²) in [6, 6.07) is 3.35. The van der Waals surface area contributed by atoms with Crippen LogP contribution >= 0.6 is 11.3 Å². The fourth-order valence-corrected chi connectivity index (χ4v) is 5.07. The van der Waals surface area contributed by atoms with Gasteiger partial charge in [0.1, 0.15) is 11.5 Å². The van der Waals surface area contributed by atoms with E-state index in [0.717, 1.165) is 46.7 Å². The molecule has 2 heterocycles. The van der Waals surface area contributed by atoms with Gasteiger partial charge in [-0.05, 0) is 37.3 Å². The number of nitrogens with zero attached hydrogens (tertiary/aromatic N) is 2. The van der Waals surface area contributed by atoms with Crippen LogP contribution in [0.15, 0.2) is 18.2 Å². The lowest BCUT2D eigenvalue weighted by Crippen LogP contribution is -2.37. The molecule has 0 fully saturated rings. The first kappa shape index (κ1) is 19.7. The Labute approximate surface area is 173 Å². The molecule has 2 aliphatic rings. The molecule has 1 aromatic heterocycles. The number of thiophene rings is 1. The molecule has 2 aromatic rings. The molecule has 0 spiro atoms. The summed E-state index contributed by atoms with van der Waals surface area (Å²) in [4.78, 5) is 61.5. The maximum Gasteiger partial charge on any atom is 0.270 e. The van der Waals surface area contributed by atoms with Gasteiger partial charge in [-0.1, -0.05) is 0 Å². The van der Waals surface area contributed by atoms with Crippen LogP contribution in [0.25, 0.3) is 0 Å². The Morgan fingerprint density at radius 2 is 1.87 bits per heavy atom. The van der Waals surface area contributed by atoms with Crippen LogP contribution in [0.1, 0.15) is 54.4 Å². The quantitative estimate of drug-likeness (QED) is 0.421. The number of aryl methyl sites for hydroxylation is 1. The number of primary amides is 1. The number of hydrogen-bond donors (Lipinski definition) is 2. The van der Waals surface area contributed by atoms with E-state index in [9.17, 15) is 29.3 Å². The minimum absolute atomic E-state index is 0.00260. The Bertz CT molecular complexity index is 1140. The Hall–Kier alpha value is -3.60. The molecule has 3 N–H and O–H groups in total. The molecule has 11 heteroatoms. The lowest BCUT2D eigenvalue weighted by molar-refractivity contribution is -0.384. The molecular weight excluding hydrogens is 412 g/mol. The number of nitro groups is 1. The summed E-state index contributed by atoms with van der Waals surface area (Å²) in [6.45, 7) is -0.582. The first-order valence-corrected chi connectivity index (χ1v) is 9.98. The van der Waals surface area contributed by atoms with Crippen molar-refractivity contribution in [1.29, 1.82) is 0 Å². The van der Waals surface area contributed by atoms with Crippen LogP contribution in [-0.4, -0.2) is 40.0 Å². The van der Waals surface area contributed by atoms with Crippen LogP contribution < -0.4 is 11.1 Å². The molecule has 154 valence electrons. The second kappa shape index (κ2) is 7.34. The first-order chi connectivity index (χ1) is 14.3. The highest BCUT2D eigenvalue weighted by molar-refractivity contribution is 7.17. The van der Waals surface area contributed by atoms with Crippen molar-refractivity contribution in [1.82, 2.24) is 4.90 Å². The van der Waals surface area contributed by atoms with E-state index >= 15 is 0 Å². The van der Waals surface area contributed by atoms with Gasteiger partial charge in [0, 0.05) is 17.0 Å². The average Bonchev–Trinajstić information content (AvgIpc) is 3.18. The van der Waals surface area contributed by atoms with Gasteiger partial charge in [0.2, 0.25) is 5.91 Å². The Kier molecular flexibility index (Phi) is 4.82. The van der Waals surface area contributed by atoms with Crippen molar-refractivity contribution in [3.05, 3.63) is 55.4 Å². The number of rotatable bonds is 5. The number of carbonyl (C=O) groups is 4. The predicted molar refractivity (Wildman–Crippen MR) is 107 cm³/mol. The van der Waals surface area contributed by atoms with Crippen LogP contribution in [0.3, 0.4) is 0 Å². The lowest BCUT2D eigenvalue weighted by atomic mass is 9.95. The standard InChI is InChI=1S/C19H16N4O6S/c20-16(25)15-11-3-1-2-4-13(11)30-17(15)21-14(24)8-22-18(26)10-6-5-9(23(28)29)7-12(10)19(22)27/h5-7H,1-4,8H2,(H2,20,25)(H,21,24). The van der Waals surface area contributed by atoms with E-state index in [0.29, 0.717) is 11.4 Å². The van der Waals surface area contributed by atoms with Gasteiger partial charge in [0.15, 0.2) is 0 Å². The highest BCUT2D eigenvalue weighted by Crippen LogP contribution is 2.38. The second-order valence-electron chi connectivity index (χ2n) is 7.01. The third-order valence-electron chi connectivity index (χ3n) is 5.14. The van der Waals surface area contributed by atoms with E-state index in [1.54, 1.807) is 0 Å². The van der Waals surface area contributed by atoms with Gasteiger partial charge in [-0.3, -0.25) is 34.2 Å². The van der Waals surface area contributed by atoms with Crippen LogP contribution in [0.5, 0.6) is 0 Å². The average molecular weight is 428 g/mol. The van der Waals surface area contributed by atoms with Crippen molar-refractivity contribution in [2.45, 2.75) is 25.7 Å². The Morgan fingerprint density at radius 1 is 1.17 bits per heavy atom. The molecule has 30 heavy (non-hydrogen) atoms. The molecule has 0 saturated heterocycles. The predicted octanol–water partition coefficient (Wildman–Crippen LogP) is 1.87. The largest absolute Gasteiger partial charge is 0.365 e. The van der Waals surface area contributed by atoms with E-state index in [2.05, 4.69) is 5.32 Å². The van der Waals surface area contributed by atoms with Gasteiger partial charge < -0.3 is 11.1 Å². The Morgan fingerprint density at radius 3 is 2.57 bits per heavy atom. The third kappa shape index (κ3) is 3.22. The number of nitrogens with two attached hydrogens (primary N) is 1. The number of imide groups is 1. The molecule has 10 nitrogen and oxygen atoms in total. The van der Waals surface area contributed by atoms with Gasteiger partial charge in [-0.15, -0.1) is 11.3 Å². The number of carbonyl (C=O) groups excluding carboxylic acids is 4. The highest BCUT2D eigenvalue weighted by atomic mass is 32.1. The topological polar surface area (TPSA) is 153 Å². The summed E-state index contributed by atoms with van der Waals surface area (Å²) in [5, 5.41) is 13.8. The van der Waals surface area contributed by atoms with E-state index in [-0.39, 0.29) is 22.4 Å². The molecule has 1 aromatic carbocycles. The summed E-state index contributed by atoms with van der Waals surface area (Å²) < 4.78 is 0. The van der Waals surface area contributed by atoms with E-state index in [1.807, 2.05) is 0 Å². The van der Waals surface area contributed by atoms with Crippen molar-refractivity contribution in [3.8, 4) is 0 Å². The Balaban J connectivity index is 1.55. The van der Waals surface area contributed by atoms with Crippen molar-refractivity contribution < 1.29 is 24.1 Å². The summed E-state index contributed by atoms with van der Waals surface area (Å²) in [5.41, 5.74) is 6.19. The minimum Gasteiger partial charge on any atom is -0.365 e. The molecule has 0 radical (unpaired) electrons. The van der Waals surface area contributed by atoms with Crippen LogP contribution in [0.2, 0.25) is 0 Å². The number of anilines is 1. The normalized spacial score (nSPS) is 15.0. The van der Waals surface area contributed by atoms with Crippen molar-refractivity contribution >= 4 is 45.7 Å². The van der Waals surface area contributed by atoms with Gasteiger partial charge in [0.25, 0.3) is 23.4 Å². The number of nitro benzene ring substituents is 1. The van der Waals surface area contributed by atoms with Crippen molar-refractivity contribution in [2.24, 2.45) is 5.73 Å². The molecule has 0 saturated carbocycles. The molecule has 1 aliphatic carbocycles. The maximum absolute atomic E-state index is 12.6. The van der Waals surface area contributed by atoms with Crippen LogP contribution in [0, 0.1) is 10.1 Å². The molecule has 0 unspecified atom stereocenters. The second-order valence-corrected chi connectivity index (χ2v) is 8.12. The van der Waals surface area contributed by atoms with E-state index < -0.39 is 35.1 Å². The molecule has 4 amide bonds. The summed E-state index contributed by atoms with van der Waals surface area (Å²) in [7, 11) is 0. The molecule has 0 atom stereocenters. The zero-order valence-electron chi connectivity index (χ0n) is 15.6. The summed E-state index contributed by atoms with van der Waals surface area (Å²) in [5.74, 6) is -2.80. The van der Waals surface area contributed by atoms with E-state index in [4.69, 9.17) is 5.73 Å². The molecular formula is C19H16N4O6S. The van der Waals surface area contributed by atoms with Gasteiger partial charge in [-0.2, -0.15) is 0 Å². The number of nitrogens with one attached hydrogen (secondary N) is 1. The van der Waals surface area contributed by atoms with Gasteiger partial charge in [-0.25, -0.2) is 0 Å². The lowest BCUT2D eigenvalue weighted by Gasteiger charge is -2.13. The van der Waals surface area contributed by atoms with Crippen molar-refractivity contribution in [3.63, 3.8) is 0 Å². The molecule has 1 aliphatic heterocycles. The zero-order valence-corrected chi connectivity index (χ0v) is 16.4. The first-order valence-electron chi connectivity index (χ1n) is 9.16. The molecule has 0 bridgehead atoms. The zero-order chi connectivity index (χ0) is 21.6. The monoisotopic (exact) mass is 428 g/mol. The fraction of sp³-hybridized carbons (Fsp3) is 0.263. The minimum atomic E-state index is -0.783. The van der Waals surface area contributed by atoms with Crippen molar-refractivity contribution in [2.75, 3.05) is 11.9 Å². The smallest absolute Gasteiger partial charge is 0.270 e. The highest BCUT2D eigenvalue weighted by Gasteiger charge is 2.38. The summed E-state index contributed by atoms with van der Waals surface area (Å²) in [6.07, 6.45) is 3.42. The number of amides is 4. The SMILES string of the molecule is NC(=O)c1c(NC(=O)CN2C(=O)c3ccc([N+](=O)[O-])cc3C2=O)sc2c1CCCC2. The maximum atomic E-state index is 12.6. The van der Waals surface area contributed by atoms with E-state index in [1.165, 1.54) is 17.4 Å². The summed E-state index contributed by atoms with van der Waals surface area (Å²) >= 11 is 1.27. The number of benzene rings is 1. The van der Waals surface area contributed by atoms with Crippen LogP contribution in [0.4, 0.5) is 10.7 Å².